The van der Waals surface area contributed by atoms with E-state index in [1.165, 1.54) is 26.4 Å². The molecule has 0 atom stereocenters. The first kappa shape index (κ1) is 19.0. The lowest BCUT2D eigenvalue weighted by Gasteiger charge is -2.12. The molecule has 26 heavy (non-hydrogen) atoms. The first-order valence-electron chi connectivity index (χ1n) is 7.77. The molecule has 0 bridgehead atoms. The molecule has 0 aliphatic carbocycles. The van der Waals surface area contributed by atoms with Crippen LogP contribution in [0.1, 0.15) is 15.9 Å². The molecule has 0 saturated carbocycles. The van der Waals surface area contributed by atoms with Gasteiger partial charge in [0.2, 0.25) is 0 Å². The lowest BCUT2D eigenvalue weighted by atomic mass is 10.1. The Morgan fingerprint density at radius 1 is 1.08 bits per heavy atom. The summed E-state index contributed by atoms with van der Waals surface area (Å²) < 4.78 is 10.3. The molecule has 0 fully saturated rings. The van der Waals surface area contributed by atoms with Gasteiger partial charge in [0.05, 0.1) is 19.1 Å². The van der Waals surface area contributed by atoms with Crippen LogP contribution in [0.5, 0.6) is 11.5 Å². The zero-order valence-electron chi connectivity index (χ0n) is 15.1. The van der Waals surface area contributed by atoms with Gasteiger partial charge in [0, 0.05) is 25.7 Å². The van der Waals surface area contributed by atoms with Crippen LogP contribution in [0.3, 0.4) is 0 Å². The molecule has 0 unspecified atom stereocenters. The fraction of sp³-hybridized carbons (Fsp3) is 0.211. The van der Waals surface area contributed by atoms with Crippen LogP contribution >= 0.6 is 0 Å². The maximum Gasteiger partial charge on any atom is 0.293 e. The summed E-state index contributed by atoms with van der Waals surface area (Å²) in [7, 11) is 6.48. The SMILES string of the molecule is COc1ccc(C(=O)/C=C/c2ccc(N(C)C)c([N+](=O)[O-])c2)cc1OC. The number of benzene rings is 2. The Balaban J connectivity index is 2.28. The van der Waals surface area contributed by atoms with Crippen molar-refractivity contribution >= 4 is 23.2 Å². The first-order valence-corrected chi connectivity index (χ1v) is 7.77. The van der Waals surface area contributed by atoms with Gasteiger partial charge >= 0.3 is 0 Å². The van der Waals surface area contributed by atoms with Gasteiger partial charge in [-0.3, -0.25) is 14.9 Å². The van der Waals surface area contributed by atoms with Gasteiger partial charge in [-0.2, -0.15) is 0 Å². The van der Waals surface area contributed by atoms with Crippen molar-refractivity contribution in [3.8, 4) is 11.5 Å². The van der Waals surface area contributed by atoms with Crippen molar-refractivity contribution in [2.24, 2.45) is 0 Å². The van der Waals surface area contributed by atoms with Crippen LogP contribution in [-0.2, 0) is 0 Å². The number of carbonyl (C=O) groups is 1. The van der Waals surface area contributed by atoms with Gasteiger partial charge in [-0.15, -0.1) is 0 Å². The Hall–Kier alpha value is -3.35. The second kappa shape index (κ2) is 8.15. The Kier molecular flexibility index (Phi) is 5.95. The standard InChI is InChI=1S/C19H20N2O5/c1-20(2)15-8-5-13(11-16(15)21(23)24)6-9-17(22)14-7-10-18(25-3)19(12-14)26-4/h5-12H,1-4H3/b9-6+. The van der Waals surface area contributed by atoms with Gasteiger partial charge in [0.15, 0.2) is 17.3 Å². The van der Waals surface area contributed by atoms with Crippen molar-refractivity contribution in [3.63, 3.8) is 0 Å². The number of ketones is 1. The van der Waals surface area contributed by atoms with E-state index in [0.29, 0.717) is 28.3 Å². The zero-order chi connectivity index (χ0) is 19.3. The normalized spacial score (nSPS) is 10.6. The van der Waals surface area contributed by atoms with Crippen LogP contribution in [0.25, 0.3) is 6.08 Å². The number of ether oxygens (including phenoxy) is 2. The molecule has 0 aliphatic rings. The maximum absolute atomic E-state index is 12.4. The fourth-order valence-corrected chi connectivity index (χ4v) is 2.43. The lowest BCUT2D eigenvalue weighted by Crippen LogP contribution is -2.11. The number of nitro benzene ring substituents is 1. The molecule has 7 heteroatoms. The molecule has 136 valence electrons. The molecule has 0 N–H and O–H groups in total. The van der Waals surface area contributed by atoms with E-state index < -0.39 is 4.92 Å². The number of nitro groups is 1. The van der Waals surface area contributed by atoms with Crippen molar-refractivity contribution in [1.82, 2.24) is 0 Å². The Bertz CT molecular complexity index is 859. The number of methoxy groups -OCH3 is 2. The molecule has 0 aliphatic heterocycles. The Morgan fingerprint density at radius 3 is 2.35 bits per heavy atom. The third kappa shape index (κ3) is 4.18. The predicted molar refractivity (Wildman–Crippen MR) is 100 cm³/mol. The van der Waals surface area contributed by atoms with Crippen LogP contribution in [0.15, 0.2) is 42.5 Å². The third-order valence-electron chi connectivity index (χ3n) is 3.77. The molecular weight excluding hydrogens is 336 g/mol. The molecule has 0 heterocycles. The average Bonchev–Trinajstić information content (AvgIpc) is 2.64. The van der Waals surface area contributed by atoms with Crippen LogP contribution in [0, 0.1) is 10.1 Å². The highest BCUT2D eigenvalue weighted by molar-refractivity contribution is 6.07. The smallest absolute Gasteiger partial charge is 0.293 e. The van der Waals surface area contributed by atoms with Gasteiger partial charge in [0.25, 0.3) is 5.69 Å². The van der Waals surface area contributed by atoms with E-state index in [1.807, 2.05) is 0 Å². The lowest BCUT2D eigenvalue weighted by molar-refractivity contribution is -0.384. The second-order valence-electron chi connectivity index (χ2n) is 5.67. The number of rotatable bonds is 7. The van der Waals surface area contributed by atoms with E-state index in [0.717, 1.165) is 0 Å². The quantitative estimate of drug-likeness (QED) is 0.326. The monoisotopic (exact) mass is 356 g/mol. The number of allylic oxidation sites excluding steroid dienone is 1. The van der Waals surface area contributed by atoms with Crippen LogP contribution in [0.4, 0.5) is 11.4 Å². The molecule has 0 aromatic heterocycles. The number of anilines is 1. The van der Waals surface area contributed by atoms with Crippen molar-refractivity contribution in [3.05, 3.63) is 63.7 Å². The largest absolute Gasteiger partial charge is 0.493 e. The predicted octanol–water partition coefficient (Wildman–Crippen LogP) is 3.57. The van der Waals surface area contributed by atoms with Gasteiger partial charge in [-0.25, -0.2) is 0 Å². The minimum absolute atomic E-state index is 0.0179. The summed E-state index contributed by atoms with van der Waals surface area (Å²) in [6.45, 7) is 0. The van der Waals surface area contributed by atoms with Crippen LogP contribution in [0.2, 0.25) is 0 Å². The molecule has 0 radical (unpaired) electrons. The van der Waals surface area contributed by atoms with Gasteiger partial charge in [-0.05, 0) is 35.9 Å². The van der Waals surface area contributed by atoms with Crippen molar-refractivity contribution in [1.29, 1.82) is 0 Å². The topological polar surface area (TPSA) is 81.9 Å². The Labute approximate surface area is 151 Å². The molecule has 2 rings (SSSR count). The molecule has 2 aromatic carbocycles. The van der Waals surface area contributed by atoms with Gasteiger partial charge in [-0.1, -0.05) is 12.1 Å². The van der Waals surface area contributed by atoms with E-state index in [2.05, 4.69) is 0 Å². The summed E-state index contributed by atoms with van der Waals surface area (Å²) in [6, 6.07) is 9.68. The summed E-state index contributed by atoms with van der Waals surface area (Å²) in [6.07, 6.45) is 2.92. The van der Waals surface area contributed by atoms with Gasteiger partial charge < -0.3 is 14.4 Å². The molecule has 7 nitrogen and oxygen atoms in total. The highest BCUT2D eigenvalue weighted by atomic mass is 16.6. The van der Waals surface area contributed by atoms with Crippen molar-refractivity contribution < 1.29 is 19.2 Å². The number of nitrogens with zero attached hydrogens (tertiary/aromatic N) is 2. The molecule has 0 amide bonds. The van der Waals surface area contributed by atoms with Crippen LogP contribution < -0.4 is 14.4 Å². The number of hydrogen-bond acceptors (Lipinski definition) is 6. The zero-order valence-corrected chi connectivity index (χ0v) is 15.1. The first-order chi connectivity index (χ1) is 12.4. The highest BCUT2D eigenvalue weighted by Crippen LogP contribution is 2.29. The van der Waals surface area contributed by atoms with E-state index in [9.17, 15) is 14.9 Å². The summed E-state index contributed by atoms with van der Waals surface area (Å²) in [4.78, 5) is 24.8. The van der Waals surface area contributed by atoms with Crippen LogP contribution in [-0.4, -0.2) is 39.0 Å². The summed E-state index contributed by atoms with van der Waals surface area (Å²) in [5.74, 6) is 0.742. The average molecular weight is 356 g/mol. The summed E-state index contributed by atoms with van der Waals surface area (Å²) >= 11 is 0. The fourth-order valence-electron chi connectivity index (χ4n) is 2.43. The molecule has 2 aromatic rings. The van der Waals surface area contributed by atoms with Crippen molar-refractivity contribution in [2.75, 3.05) is 33.2 Å². The van der Waals surface area contributed by atoms with Gasteiger partial charge in [0.1, 0.15) is 5.69 Å². The minimum atomic E-state index is -0.442. The number of hydrogen-bond donors (Lipinski definition) is 0. The summed E-state index contributed by atoms with van der Waals surface area (Å²) in [5, 5.41) is 11.2. The second-order valence-corrected chi connectivity index (χ2v) is 5.67. The van der Waals surface area contributed by atoms with E-state index >= 15 is 0 Å². The number of carbonyl (C=O) groups excluding carboxylic acids is 1. The maximum atomic E-state index is 12.4. The minimum Gasteiger partial charge on any atom is -0.493 e. The summed E-state index contributed by atoms with van der Waals surface area (Å²) in [5.41, 5.74) is 1.48. The molecule has 0 saturated heterocycles. The Morgan fingerprint density at radius 2 is 1.77 bits per heavy atom. The molecule has 0 spiro atoms. The van der Waals surface area contributed by atoms with E-state index in [1.54, 1.807) is 55.4 Å². The third-order valence-corrected chi connectivity index (χ3v) is 3.77. The molecular formula is C19H20N2O5. The van der Waals surface area contributed by atoms with E-state index in [-0.39, 0.29) is 11.5 Å². The van der Waals surface area contributed by atoms with Crippen molar-refractivity contribution in [2.45, 2.75) is 0 Å². The highest BCUT2D eigenvalue weighted by Gasteiger charge is 2.15. The van der Waals surface area contributed by atoms with E-state index in [4.69, 9.17) is 9.47 Å².